The zero-order chi connectivity index (χ0) is 31.4. The van der Waals surface area contributed by atoms with Crippen LogP contribution >= 0.6 is 0 Å². The van der Waals surface area contributed by atoms with Gasteiger partial charge in [-0.05, 0) is 97.7 Å². The molecular weight excluding hydrogens is 567 g/mol. The average Bonchev–Trinajstić information content (AvgIpc) is 3.16. The van der Waals surface area contributed by atoms with Gasteiger partial charge in [-0.2, -0.15) is 0 Å². The van der Waals surface area contributed by atoms with Crippen LogP contribution in [0.15, 0.2) is 200 Å². The van der Waals surface area contributed by atoms with Crippen LogP contribution in [0.3, 0.4) is 0 Å². The summed E-state index contributed by atoms with van der Waals surface area (Å²) in [5.41, 5.74) is 13.1. The van der Waals surface area contributed by atoms with E-state index >= 15 is 0 Å². The summed E-state index contributed by atoms with van der Waals surface area (Å²) in [5, 5.41) is 2.52. The van der Waals surface area contributed by atoms with Crippen molar-refractivity contribution in [3.8, 4) is 44.5 Å². The molecule has 0 atom stereocenters. The fourth-order valence-electron chi connectivity index (χ4n) is 6.54. The molecule has 8 rings (SSSR count). The third-order valence-electron chi connectivity index (χ3n) is 8.89. The SMILES string of the molecule is c1ccc(-c2ccc(-c3ccc(N(c4ccccc4)c4ccc(-c5cccc6ccccc56)cc4)cc3)cc2-c2ccccc2)cc1. The van der Waals surface area contributed by atoms with Crippen molar-refractivity contribution < 1.29 is 0 Å². The lowest BCUT2D eigenvalue weighted by atomic mass is 9.91. The molecule has 0 saturated heterocycles. The molecule has 8 aromatic carbocycles. The topological polar surface area (TPSA) is 3.24 Å². The van der Waals surface area contributed by atoms with E-state index in [9.17, 15) is 0 Å². The normalized spacial score (nSPS) is 11.0. The minimum absolute atomic E-state index is 1.11. The summed E-state index contributed by atoms with van der Waals surface area (Å²) < 4.78 is 0. The van der Waals surface area contributed by atoms with E-state index in [1.165, 1.54) is 55.3 Å². The third-order valence-corrected chi connectivity index (χ3v) is 8.89. The van der Waals surface area contributed by atoms with Crippen LogP contribution in [0, 0.1) is 0 Å². The lowest BCUT2D eigenvalue weighted by Gasteiger charge is -2.26. The molecule has 0 radical (unpaired) electrons. The van der Waals surface area contributed by atoms with Crippen molar-refractivity contribution in [1.29, 1.82) is 0 Å². The van der Waals surface area contributed by atoms with Gasteiger partial charge >= 0.3 is 0 Å². The van der Waals surface area contributed by atoms with E-state index in [4.69, 9.17) is 0 Å². The molecule has 0 aliphatic rings. The van der Waals surface area contributed by atoms with E-state index in [0.29, 0.717) is 0 Å². The van der Waals surface area contributed by atoms with Crippen LogP contribution < -0.4 is 4.90 Å². The van der Waals surface area contributed by atoms with Crippen LogP contribution in [0.4, 0.5) is 17.1 Å². The molecule has 0 heterocycles. The molecule has 222 valence electrons. The number of rotatable bonds is 7. The zero-order valence-electron chi connectivity index (χ0n) is 26.0. The Labute approximate surface area is 276 Å². The lowest BCUT2D eigenvalue weighted by Crippen LogP contribution is -2.09. The zero-order valence-corrected chi connectivity index (χ0v) is 26.0. The van der Waals surface area contributed by atoms with Crippen LogP contribution in [0.5, 0.6) is 0 Å². The largest absolute Gasteiger partial charge is 0.311 e. The van der Waals surface area contributed by atoms with Crippen LogP contribution in [-0.4, -0.2) is 0 Å². The molecular formula is C46H33N. The Bertz CT molecular complexity index is 2250. The number of hydrogen-bond donors (Lipinski definition) is 0. The van der Waals surface area contributed by atoms with E-state index in [1.54, 1.807) is 0 Å². The molecule has 0 fully saturated rings. The maximum atomic E-state index is 2.33. The summed E-state index contributed by atoms with van der Waals surface area (Å²) >= 11 is 0. The number of anilines is 3. The van der Waals surface area contributed by atoms with E-state index in [-0.39, 0.29) is 0 Å². The summed E-state index contributed by atoms with van der Waals surface area (Å²) in [6.07, 6.45) is 0. The van der Waals surface area contributed by atoms with Crippen molar-refractivity contribution in [2.24, 2.45) is 0 Å². The highest BCUT2D eigenvalue weighted by Crippen LogP contribution is 2.39. The number of hydrogen-bond acceptors (Lipinski definition) is 1. The first kappa shape index (κ1) is 28.3. The molecule has 0 aliphatic carbocycles. The van der Waals surface area contributed by atoms with Crippen molar-refractivity contribution in [1.82, 2.24) is 0 Å². The van der Waals surface area contributed by atoms with Crippen LogP contribution in [0.2, 0.25) is 0 Å². The van der Waals surface area contributed by atoms with Gasteiger partial charge in [-0.1, -0.05) is 158 Å². The highest BCUT2D eigenvalue weighted by atomic mass is 15.1. The first-order chi connectivity index (χ1) is 23.3. The van der Waals surface area contributed by atoms with E-state index in [2.05, 4.69) is 205 Å². The lowest BCUT2D eigenvalue weighted by molar-refractivity contribution is 1.28. The molecule has 8 aromatic rings. The standard InChI is InChI=1S/C46H33N/c1-4-13-35(14-5-1)45-32-27-39(33-46(45)37-15-6-2-7-16-37)34-23-28-41(29-24-34)47(40-19-8-3-9-20-40)42-30-25-38(26-31-42)44-22-12-18-36-17-10-11-21-43(36)44/h1-33H. The summed E-state index contributed by atoms with van der Waals surface area (Å²) in [5.74, 6) is 0. The minimum atomic E-state index is 1.11. The first-order valence-electron chi connectivity index (χ1n) is 16.1. The van der Waals surface area contributed by atoms with Gasteiger partial charge in [0.05, 0.1) is 0 Å². The summed E-state index contributed by atoms with van der Waals surface area (Å²) in [6, 6.07) is 71.7. The molecule has 1 nitrogen and oxygen atoms in total. The fraction of sp³-hybridized carbons (Fsp3) is 0. The Hall–Kier alpha value is -6.18. The molecule has 0 aliphatic heterocycles. The van der Waals surface area contributed by atoms with Crippen molar-refractivity contribution in [2.75, 3.05) is 4.90 Å². The number of nitrogens with zero attached hydrogens (tertiary/aromatic N) is 1. The Kier molecular flexibility index (Phi) is 7.63. The number of benzene rings is 8. The molecule has 1 heteroatoms. The molecule has 0 aromatic heterocycles. The van der Waals surface area contributed by atoms with Gasteiger partial charge in [0.25, 0.3) is 0 Å². The van der Waals surface area contributed by atoms with Crippen LogP contribution in [-0.2, 0) is 0 Å². The molecule has 0 unspecified atom stereocenters. The van der Waals surface area contributed by atoms with Crippen molar-refractivity contribution >= 4 is 27.8 Å². The second-order valence-corrected chi connectivity index (χ2v) is 11.8. The second kappa shape index (κ2) is 12.7. The van der Waals surface area contributed by atoms with Crippen molar-refractivity contribution in [2.45, 2.75) is 0 Å². The molecule has 0 spiro atoms. The summed E-state index contributed by atoms with van der Waals surface area (Å²) in [7, 11) is 0. The van der Waals surface area contributed by atoms with Crippen LogP contribution in [0.1, 0.15) is 0 Å². The van der Waals surface area contributed by atoms with Gasteiger partial charge in [-0.3, -0.25) is 0 Å². The Morgan fingerprint density at radius 2 is 0.723 bits per heavy atom. The molecule has 0 N–H and O–H groups in total. The molecule has 0 amide bonds. The van der Waals surface area contributed by atoms with Crippen LogP contribution in [0.25, 0.3) is 55.3 Å². The Morgan fingerprint density at radius 1 is 0.255 bits per heavy atom. The maximum absolute atomic E-state index is 2.33. The van der Waals surface area contributed by atoms with Gasteiger partial charge in [0, 0.05) is 17.1 Å². The minimum Gasteiger partial charge on any atom is -0.311 e. The third kappa shape index (κ3) is 5.72. The average molecular weight is 600 g/mol. The van der Waals surface area contributed by atoms with Crippen molar-refractivity contribution in [3.63, 3.8) is 0 Å². The Morgan fingerprint density at radius 3 is 1.38 bits per heavy atom. The monoisotopic (exact) mass is 599 g/mol. The van der Waals surface area contributed by atoms with E-state index in [0.717, 1.165) is 17.1 Å². The fourth-order valence-corrected chi connectivity index (χ4v) is 6.54. The molecule has 0 bridgehead atoms. The van der Waals surface area contributed by atoms with E-state index < -0.39 is 0 Å². The first-order valence-corrected chi connectivity index (χ1v) is 16.1. The van der Waals surface area contributed by atoms with Gasteiger partial charge in [0.2, 0.25) is 0 Å². The quantitative estimate of drug-likeness (QED) is 0.176. The molecule has 0 saturated carbocycles. The number of fused-ring (bicyclic) bond motifs is 1. The van der Waals surface area contributed by atoms with E-state index in [1.807, 2.05) is 0 Å². The van der Waals surface area contributed by atoms with Gasteiger partial charge < -0.3 is 4.90 Å². The highest BCUT2D eigenvalue weighted by Gasteiger charge is 2.15. The predicted molar refractivity (Wildman–Crippen MR) is 200 cm³/mol. The number of para-hydroxylation sites is 1. The van der Waals surface area contributed by atoms with Gasteiger partial charge in [-0.15, -0.1) is 0 Å². The maximum Gasteiger partial charge on any atom is 0.0462 e. The highest BCUT2D eigenvalue weighted by molar-refractivity contribution is 5.97. The predicted octanol–water partition coefficient (Wildman–Crippen LogP) is 13.0. The van der Waals surface area contributed by atoms with Gasteiger partial charge in [0.15, 0.2) is 0 Å². The Balaban J connectivity index is 1.16. The summed E-state index contributed by atoms with van der Waals surface area (Å²) in [6.45, 7) is 0. The smallest absolute Gasteiger partial charge is 0.0462 e. The second-order valence-electron chi connectivity index (χ2n) is 11.8. The molecule has 47 heavy (non-hydrogen) atoms. The van der Waals surface area contributed by atoms with Gasteiger partial charge in [0.1, 0.15) is 0 Å². The summed E-state index contributed by atoms with van der Waals surface area (Å²) in [4.78, 5) is 2.32. The van der Waals surface area contributed by atoms with Gasteiger partial charge in [-0.25, -0.2) is 0 Å². The van der Waals surface area contributed by atoms with Crippen molar-refractivity contribution in [3.05, 3.63) is 200 Å².